The predicted octanol–water partition coefficient (Wildman–Crippen LogP) is 6.17. The molecule has 4 amide bonds. The van der Waals surface area contributed by atoms with Crippen molar-refractivity contribution < 1.29 is 28.7 Å². The number of nitrogens with zero attached hydrogens (tertiary/aromatic N) is 2. The molecular weight excluding hydrogens is 599 g/mol. The average Bonchev–Trinajstić information content (AvgIpc) is 3.34. The molecule has 228 valence electrons. The Balaban J connectivity index is 1.49. The number of aromatic nitrogens is 2. The van der Waals surface area contributed by atoms with E-state index in [1.54, 1.807) is 43.4 Å². The van der Waals surface area contributed by atoms with Gasteiger partial charge in [-0.15, -0.1) is 0 Å². The van der Waals surface area contributed by atoms with E-state index in [2.05, 4.69) is 30.7 Å². The number of fused-ring (bicyclic) bond motifs is 4. The highest BCUT2D eigenvalue weighted by molar-refractivity contribution is 6.32. The third-order valence-corrected chi connectivity index (χ3v) is 7.40. The lowest BCUT2D eigenvalue weighted by atomic mass is 9.98. The van der Waals surface area contributed by atoms with E-state index in [4.69, 9.17) is 27.9 Å². The van der Waals surface area contributed by atoms with Crippen molar-refractivity contribution in [2.75, 3.05) is 43.3 Å². The summed E-state index contributed by atoms with van der Waals surface area (Å²) in [6.07, 6.45) is 0.443. The lowest BCUT2D eigenvalue weighted by Crippen LogP contribution is -2.35. The fourth-order valence-electron chi connectivity index (χ4n) is 4.60. The first-order valence-corrected chi connectivity index (χ1v) is 14.3. The molecule has 0 saturated heterocycles. The Hall–Kier alpha value is -4.29. The van der Waals surface area contributed by atoms with E-state index in [9.17, 15) is 19.2 Å². The number of H-pyrrole nitrogens is 1. The van der Waals surface area contributed by atoms with Gasteiger partial charge >= 0.3 is 12.2 Å². The van der Waals surface area contributed by atoms with Gasteiger partial charge in [0.2, 0.25) is 11.8 Å². The van der Waals surface area contributed by atoms with Gasteiger partial charge in [-0.05, 0) is 61.7 Å². The molecule has 4 rings (SSSR count). The van der Waals surface area contributed by atoms with Crippen molar-refractivity contribution in [3.05, 3.63) is 58.0 Å². The van der Waals surface area contributed by atoms with Crippen molar-refractivity contribution in [1.82, 2.24) is 14.9 Å². The summed E-state index contributed by atoms with van der Waals surface area (Å²) in [5, 5.41) is 8.85. The molecule has 3 aromatic rings. The minimum atomic E-state index is -0.673. The molecule has 1 atom stereocenters. The van der Waals surface area contributed by atoms with Crippen molar-refractivity contribution in [1.29, 1.82) is 0 Å². The molecule has 1 aliphatic rings. The molecule has 2 aromatic carbocycles. The Morgan fingerprint density at radius 2 is 1.88 bits per heavy atom. The Morgan fingerprint density at radius 1 is 1.09 bits per heavy atom. The van der Waals surface area contributed by atoms with Crippen LogP contribution >= 0.6 is 23.2 Å². The smallest absolute Gasteiger partial charge is 0.411 e. The van der Waals surface area contributed by atoms with Crippen molar-refractivity contribution in [2.45, 2.75) is 38.5 Å². The lowest BCUT2D eigenvalue weighted by molar-refractivity contribution is -0.132. The highest BCUT2D eigenvalue weighted by Gasteiger charge is 2.29. The largest absolute Gasteiger partial charge is 0.453 e. The van der Waals surface area contributed by atoms with Crippen molar-refractivity contribution in [3.8, 4) is 11.3 Å². The van der Waals surface area contributed by atoms with Gasteiger partial charge in [0.25, 0.3) is 0 Å². The second-order valence-electron chi connectivity index (χ2n) is 9.99. The Kier molecular flexibility index (Phi) is 10.5. The number of imidazole rings is 1. The number of likely N-dealkylation sites (N-methyl/N-ethyl adjacent to an activating group) is 1. The first-order valence-electron chi connectivity index (χ1n) is 13.5. The van der Waals surface area contributed by atoms with Crippen LogP contribution in [0.5, 0.6) is 0 Å². The van der Waals surface area contributed by atoms with E-state index in [1.807, 2.05) is 6.92 Å². The third-order valence-electron chi connectivity index (χ3n) is 6.89. The van der Waals surface area contributed by atoms with Crippen LogP contribution in [0.1, 0.15) is 43.0 Å². The standard InChI is InChI=1S/C29H32Cl2N6O6/c1-16-14-17(30)8-11-21(16)34-29(41)43-13-12-37(2)27(39)20-6-4-5-7-23(38)33-22-15-18(32-28(40)42-3)9-10-19(22)24-25(31)36-26(20)35-24/h8-11,14-15,20H,4-7,12-13H2,1-3H3,(H,32,40)(H,33,38)(H,34,41)(H,35,36). The zero-order chi connectivity index (χ0) is 31.1. The fraction of sp³-hybridized carbons (Fsp3) is 0.345. The Bertz CT molecular complexity index is 1530. The number of benzene rings is 2. The van der Waals surface area contributed by atoms with Gasteiger partial charge in [0.1, 0.15) is 23.3 Å². The Labute approximate surface area is 258 Å². The van der Waals surface area contributed by atoms with Crippen molar-refractivity contribution >= 4 is 64.3 Å². The van der Waals surface area contributed by atoms with Gasteiger partial charge in [0, 0.05) is 35.4 Å². The van der Waals surface area contributed by atoms with Crippen LogP contribution in [0.25, 0.3) is 11.3 Å². The highest BCUT2D eigenvalue weighted by atomic mass is 35.5. The van der Waals surface area contributed by atoms with E-state index in [-0.39, 0.29) is 36.5 Å². The average molecular weight is 632 g/mol. The summed E-state index contributed by atoms with van der Waals surface area (Å²) >= 11 is 12.5. The van der Waals surface area contributed by atoms with Gasteiger partial charge in [-0.1, -0.05) is 29.6 Å². The minimum absolute atomic E-state index is 0.0346. The summed E-state index contributed by atoms with van der Waals surface area (Å²) in [7, 11) is 2.87. The molecule has 2 bridgehead atoms. The maximum Gasteiger partial charge on any atom is 0.411 e. The Morgan fingerprint density at radius 3 is 2.63 bits per heavy atom. The zero-order valence-electron chi connectivity index (χ0n) is 23.9. The maximum absolute atomic E-state index is 13.6. The lowest BCUT2D eigenvalue weighted by Gasteiger charge is -2.23. The summed E-state index contributed by atoms with van der Waals surface area (Å²) in [5.41, 5.74) is 3.00. The highest BCUT2D eigenvalue weighted by Crippen LogP contribution is 2.36. The molecule has 0 fully saturated rings. The molecule has 0 aliphatic carbocycles. The van der Waals surface area contributed by atoms with Gasteiger partial charge in [-0.3, -0.25) is 20.2 Å². The van der Waals surface area contributed by atoms with Crippen LogP contribution in [-0.2, 0) is 19.1 Å². The number of carbonyl (C=O) groups excluding carboxylic acids is 4. The number of halogens is 2. The van der Waals surface area contributed by atoms with Gasteiger partial charge in [0.05, 0.1) is 25.3 Å². The van der Waals surface area contributed by atoms with E-state index in [1.165, 1.54) is 12.0 Å². The molecule has 0 radical (unpaired) electrons. The second kappa shape index (κ2) is 14.3. The summed E-state index contributed by atoms with van der Waals surface area (Å²) in [4.78, 5) is 59.5. The molecule has 1 unspecified atom stereocenters. The molecule has 12 nitrogen and oxygen atoms in total. The number of methoxy groups -OCH3 is 1. The van der Waals surface area contributed by atoms with Crippen LogP contribution in [0.2, 0.25) is 10.2 Å². The maximum atomic E-state index is 13.6. The number of rotatable bonds is 6. The fourth-order valence-corrected chi connectivity index (χ4v) is 5.07. The van der Waals surface area contributed by atoms with E-state index < -0.39 is 18.1 Å². The normalized spacial score (nSPS) is 14.7. The van der Waals surface area contributed by atoms with Crippen LogP contribution in [0.3, 0.4) is 0 Å². The van der Waals surface area contributed by atoms with Crippen LogP contribution < -0.4 is 16.0 Å². The van der Waals surface area contributed by atoms with Crippen molar-refractivity contribution in [2.24, 2.45) is 0 Å². The summed E-state index contributed by atoms with van der Waals surface area (Å²) in [6.45, 7) is 1.92. The molecule has 2 heterocycles. The molecule has 1 aliphatic heterocycles. The number of aryl methyl sites for hydroxylation is 1. The minimum Gasteiger partial charge on any atom is -0.453 e. The van der Waals surface area contributed by atoms with E-state index >= 15 is 0 Å². The van der Waals surface area contributed by atoms with Gasteiger partial charge < -0.3 is 24.7 Å². The number of hydrogen-bond donors (Lipinski definition) is 4. The number of hydrogen-bond acceptors (Lipinski definition) is 7. The van der Waals surface area contributed by atoms with Crippen molar-refractivity contribution in [3.63, 3.8) is 0 Å². The van der Waals surface area contributed by atoms with Gasteiger partial charge in [-0.2, -0.15) is 0 Å². The summed E-state index contributed by atoms with van der Waals surface area (Å²) in [6, 6.07) is 9.94. The number of amides is 4. The number of carbonyl (C=O) groups is 4. The van der Waals surface area contributed by atoms with E-state index in [0.29, 0.717) is 58.4 Å². The first-order chi connectivity index (χ1) is 20.5. The van der Waals surface area contributed by atoms with Crippen LogP contribution in [0, 0.1) is 6.92 Å². The van der Waals surface area contributed by atoms with Crippen LogP contribution in [0.15, 0.2) is 36.4 Å². The molecular formula is C29H32Cl2N6O6. The van der Waals surface area contributed by atoms with Gasteiger partial charge in [-0.25, -0.2) is 14.6 Å². The van der Waals surface area contributed by atoms with E-state index in [0.717, 1.165) is 5.56 Å². The molecule has 14 heteroatoms. The number of ether oxygens (including phenoxy) is 2. The van der Waals surface area contributed by atoms with Gasteiger partial charge in [0.15, 0.2) is 0 Å². The molecule has 43 heavy (non-hydrogen) atoms. The monoisotopic (exact) mass is 630 g/mol. The number of nitrogens with one attached hydrogen (secondary N) is 4. The number of anilines is 3. The first kappa shape index (κ1) is 31.6. The second-order valence-corrected chi connectivity index (χ2v) is 10.8. The SMILES string of the molecule is COC(=O)Nc1ccc2c(c1)NC(=O)CCCCC(C(=O)N(C)CCOC(=O)Nc1ccc(Cl)cc1C)c1nc-2c(Cl)[nH]1. The zero-order valence-corrected chi connectivity index (χ0v) is 25.4. The summed E-state index contributed by atoms with van der Waals surface area (Å²) < 4.78 is 9.94. The predicted molar refractivity (Wildman–Crippen MR) is 164 cm³/mol. The number of aromatic amines is 1. The summed E-state index contributed by atoms with van der Waals surface area (Å²) in [5.74, 6) is -0.765. The van der Waals surface area contributed by atoms with Crippen LogP contribution in [-0.4, -0.2) is 66.2 Å². The molecule has 1 aromatic heterocycles. The molecule has 0 saturated carbocycles. The quantitative estimate of drug-likeness (QED) is 0.254. The molecule has 4 N–H and O–H groups in total. The molecule has 0 spiro atoms. The topological polar surface area (TPSA) is 155 Å². The third kappa shape index (κ3) is 8.17. The van der Waals surface area contributed by atoms with Crippen LogP contribution in [0.4, 0.5) is 26.7 Å².